The van der Waals surface area contributed by atoms with E-state index in [9.17, 15) is 13.6 Å². The molecule has 200 valence electrons. The van der Waals surface area contributed by atoms with Gasteiger partial charge in [0.15, 0.2) is 17.4 Å². The van der Waals surface area contributed by atoms with Crippen molar-refractivity contribution in [2.75, 3.05) is 61.1 Å². The molecule has 12 heteroatoms. The minimum atomic E-state index is -0.676. The molecule has 1 amide bonds. The lowest BCUT2D eigenvalue weighted by Crippen LogP contribution is -2.49. The summed E-state index contributed by atoms with van der Waals surface area (Å²) in [7, 11) is 0. The van der Waals surface area contributed by atoms with Crippen molar-refractivity contribution in [2.45, 2.75) is 19.9 Å². The van der Waals surface area contributed by atoms with Crippen LogP contribution < -0.4 is 19.9 Å². The van der Waals surface area contributed by atoms with Crippen molar-refractivity contribution in [3.8, 4) is 17.0 Å². The molecule has 0 bridgehead atoms. The molecular formula is C26H29F2N7O3. The Labute approximate surface area is 218 Å². The minimum absolute atomic E-state index is 0.0367. The molecule has 0 saturated carbocycles. The van der Waals surface area contributed by atoms with Crippen molar-refractivity contribution in [3.63, 3.8) is 0 Å². The van der Waals surface area contributed by atoms with Gasteiger partial charge in [0.1, 0.15) is 24.7 Å². The summed E-state index contributed by atoms with van der Waals surface area (Å²) >= 11 is 0. The van der Waals surface area contributed by atoms with Gasteiger partial charge >= 0.3 is 0 Å². The Morgan fingerprint density at radius 2 is 1.87 bits per heavy atom. The largest absolute Gasteiger partial charge is 0.486 e. The van der Waals surface area contributed by atoms with Crippen LogP contribution >= 0.6 is 0 Å². The van der Waals surface area contributed by atoms with Crippen LogP contribution in [0.4, 0.5) is 31.9 Å². The fourth-order valence-corrected chi connectivity index (χ4v) is 4.68. The van der Waals surface area contributed by atoms with Gasteiger partial charge in [-0.25, -0.2) is 23.7 Å². The molecule has 2 aromatic heterocycles. The van der Waals surface area contributed by atoms with Crippen molar-refractivity contribution in [2.24, 2.45) is 0 Å². The van der Waals surface area contributed by atoms with Gasteiger partial charge in [-0.3, -0.25) is 4.79 Å². The number of aromatic nitrogens is 3. The number of fused-ring (bicyclic) bond motifs is 1. The maximum absolute atomic E-state index is 14.9. The van der Waals surface area contributed by atoms with Gasteiger partial charge in [0.25, 0.3) is 0 Å². The Kier molecular flexibility index (Phi) is 7.23. The van der Waals surface area contributed by atoms with Crippen LogP contribution in [0.15, 0.2) is 36.7 Å². The number of pyridine rings is 1. The second-order valence-corrected chi connectivity index (χ2v) is 9.38. The molecule has 2 N–H and O–H groups in total. The number of benzene rings is 1. The average Bonchev–Trinajstić information content (AvgIpc) is 2.93. The standard InChI is InChI=1S/C26H29F2N7O3/c1-16(2)35-9-10-38-25-19(27)11-17(12-21(25)35)24-20(28)14-30-26(32-24)31-22-4-3-18(13-29-22)33-5-7-34(8-6-33)23(37)15-36/h3-4,11-14,16,36H,5-10,15H2,1-2H3,(H,29,30,31,32). The lowest BCUT2D eigenvalue weighted by molar-refractivity contribution is -0.134. The summed E-state index contributed by atoms with van der Waals surface area (Å²) in [4.78, 5) is 30.2. The van der Waals surface area contributed by atoms with Crippen LogP contribution in [0, 0.1) is 11.6 Å². The number of ether oxygens (including phenoxy) is 1. The fraction of sp³-hybridized carbons (Fsp3) is 0.385. The summed E-state index contributed by atoms with van der Waals surface area (Å²) in [5, 5.41) is 12.0. The van der Waals surface area contributed by atoms with Crippen LogP contribution in [-0.4, -0.2) is 82.8 Å². The first-order valence-corrected chi connectivity index (χ1v) is 12.5. The second kappa shape index (κ2) is 10.7. The lowest BCUT2D eigenvalue weighted by atomic mass is 10.1. The minimum Gasteiger partial charge on any atom is -0.486 e. The molecule has 0 aliphatic carbocycles. The summed E-state index contributed by atoms with van der Waals surface area (Å²) in [5.74, 6) is -0.791. The normalized spacial score (nSPS) is 15.4. The third-order valence-corrected chi connectivity index (χ3v) is 6.67. The Hall–Kier alpha value is -4.06. The molecule has 10 nitrogen and oxygen atoms in total. The Morgan fingerprint density at radius 1 is 1.08 bits per heavy atom. The maximum Gasteiger partial charge on any atom is 0.248 e. The number of carbonyl (C=O) groups excluding carboxylic acids is 1. The van der Waals surface area contributed by atoms with E-state index in [1.807, 2.05) is 24.8 Å². The number of aliphatic hydroxyl groups excluding tert-OH is 1. The third kappa shape index (κ3) is 5.17. The van der Waals surface area contributed by atoms with Gasteiger partial charge in [0.2, 0.25) is 11.9 Å². The van der Waals surface area contributed by atoms with E-state index in [-0.39, 0.29) is 34.9 Å². The van der Waals surface area contributed by atoms with Gasteiger partial charge < -0.3 is 29.9 Å². The first kappa shape index (κ1) is 25.6. The highest BCUT2D eigenvalue weighted by Crippen LogP contribution is 2.39. The number of rotatable bonds is 6. The van der Waals surface area contributed by atoms with Crippen LogP contribution in [0.25, 0.3) is 11.3 Å². The Bertz CT molecular complexity index is 1310. The fourth-order valence-electron chi connectivity index (χ4n) is 4.68. The number of nitrogens with one attached hydrogen (secondary N) is 1. The Balaban J connectivity index is 1.33. The lowest BCUT2D eigenvalue weighted by Gasteiger charge is -2.35. The molecule has 2 aliphatic rings. The monoisotopic (exact) mass is 525 g/mol. The number of nitrogens with zero attached hydrogens (tertiary/aromatic N) is 6. The number of anilines is 4. The quantitative estimate of drug-likeness (QED) is 0.502. The molecule has 38 heavy (non-hydrogen) atoms. The molecular weight excluding hydrogens is 496 g/mol. The first-order chi connectivity index (χ1) is 18.3. The number of aliphatic hydroxyl groups is 1. The molecule has 0 atom stereocenters. The summed E-state index contributed by atoms with van der Waals surface area (Å²) in [5.41, 5.74) is 1.69. The van der Waals surface area contributed by atoms with Gasteiger partial charge in [-0.2, -0.15) is 0 Å². The van der Waals surface area contributed by atoms with Crippen LogP contribution in [0.2, 0.25) is 0 Å². The first-order valence-electron chi connectivity index (χ1n) is 12.5. The van der Waals surface area contributed by atoms with E-state index >= 15 is 0 Å². The second-order valence-electron chi connectivity index (χ2n) is 9.38. The highest BCUT2D eigenvalue weighted by Gasteiger charge is 2.26. The summed E-state index contributed by atoms with van der Waals surface area (Å²) in [6.07, 6.45) is 2.73. The predicted octanol–water partition coefficient (Wildman–Crippen LogP) is 2.81. The zero-order valence-corrected chi connectivity index (χ0v) is 21.2. The molecule has 0 radical (unpaired) electrons. The van der Waals surface area contributed by atoms with Crippen LogP contribution in [0.1, 0.15) is 13.8 Å². The number of amides is 1. The molecule has 5 rings (SSSR count). The SMILES string of the molecule is CC(C)N1CCOc2c(F)cc(-c3nc(Nc4ccc(N5CCN(C(=O)CO)CC5)cn4)ncc3F)cc21. The van der Waals surface area contributed by atoms with Crippen molar-refractivity contribution < 1.29 is 23.4 Å². The summed E-state index contributed by atoms with van der Waals surface area (Å²) < 4.78 is 35.3. The number of piperazine rings is 1. The predicted molar refractivity (Wildman–Crippen MR) is 139 cm³/mol. The molecule has 4 heterocycles. The van der Waals surface area contributed by atoms with Crippen LogP contribution in [0.3, 0.4) is 0 Å². The highest BCUT2D eigenvalue weighted by molar-refractivity contribution is 5.77. The smallest absolute Gasteiger partial charge is 0.248 e. The van der Waals surface area contributed by atoms with Gasteiger partial charge in [-0.05, 0) is 38.1 Å². The van der Waals surface area contributed by atoms with E-state index in [1.165, 1.54) is 6.07 Å². The number of hydrogen-bond acceptors (Lipinski definition) is 9. The van der Waals surface area contributed by atoms with Gasteiger partial charge in [-0.1, -0.05) is 0 Å². The zero-order valence-electron chi connectivity index (χ0n) is 21.2. The van der Waals surface area contributed by atoms with Gasteiger partial charge in [0, 0.05) is 37.8 Å². The van der Waals surface area contributed by atoms with Crippen molar-refractivity contribution >= 4 is 29.0 Å². The average molecular weight is 526 g/mol. The van der Waals surface area contributed by atoms with Crippen molar-refractivity contribution in [1.82, 2.24) is 19.9 Å². The van der Waals surface area contributed by atoms with Crippen LogP contribution in [-0.2, 0) is 4.79 Å². The highest BCUT2D eigenvalue weighted by atomic mass is 19.1. The molecule has 0 unspecified atom stereocenters. The van der Waals surface area contributed by atoms with Gasteiger partial charge in [0.05, 0.1) is 30.3 Å². The third-order valence-electron chi connectivity index (χ3n) is 6.67. The van der Waals surface area contributed by atoms with Crippen LogP contribution in [0.5, 0.6) is 5.75 Å². The zero-order chi connectivity index (χ0) is 26.8. The van der Waals surface area contributed by atoms with E-state index in [1.54, 1.807) is 23.2 Å². The Morgan fingerprint density at radius 3 is 2.55 bits per heavy atom. The topological polar surface area (TPSA) is 107 Å². The van der Waals surface area contributed by atoms with E-state index in [0.29, 0.717) is 50.8 Å². The van der Waals surface area contributed by atoms with Gasteiger partial charge in [-0.15, -0.1) is 0 Å². The molecule has 1 fully saturated rings. The van der Waals surface area contributed by atoms with E-state index in [0.717, 1.165) is 11.9 Å². The molecule has 0 spiro atoms. The van der Waals surface area contributed by atoms with E-state index in [4.69, 9.17) is 9.84 Å². The number of carbonyl (C=O) groups is 1. The van der Waals surface area contributed by atoms with Crippen molar-refractivity contribution in [3.05, 3.63) is 48.3 Å². The molecule has 1 saturated heterocycles. The van der Waals surface area contributed by atoms with E-state index < -0.39 is 18.2 Å². The maximum atomic E-state index is 14.9. The summed E-state index contributed by atoms with van der Waals surface area (Å²) in [6, 6.07) is 6.65. The molecule has 1 aromatic carbocycles. The summed E-state index contributed by atoms with van der Waals surface area (Å²) in [6.45, 7) is 6.80. The van der Waals surface area contributed by atoms with Crippen molar-refractivity contribution in [1.29, 1.82) is 0 Å². The number of hydrogen-bond donors (Lipinski definition) is 2. The molecule has 3 aromatic rings. The van der Waals surface area contributed by atoms with E-state index in [2.05, 4.69) is 25.2 Å². The molecule has 2 aliphatic heterocycles. The number of halogens is 2.